The summed E-state index contributed by atoms with van der Waals surface area (Å²) in [5.74, 6) is 0. The third kappa shape index (κ3) is 3.34. The minimum absolute atomic E-state index is 0.112. The molecule has 76 valence electrons. The van der Waals surface area contributed by atoms with Crippen LogP contribution in [0.5, 0.6) is 0 Å². The van der Waals surface area contributed by atoms with Gasteiger partial charge in [-0.15, -0.1) is 0 Å². The molecule has 0 aliphatic carbocycles. The number of hydrogen-bond acceptors (Lipinski definition) is 1. The molecule has 1 nitrogen and oxygen atoms in total. The first kappa shape index (κ1) is 11.1. The fourth-order valence-corrected chi connectivity index (χ4v) is 2.89. The van der Waals surface area contributed by atoms with E-state index in [-0.39, 0.29) is 5.44 Å². The summed E-state index contributed by atoms with van der Waals surface area (Å²) in [6, 6.07) is 0. The Kier molecular flexibility index (Phi) is 3.45. The van der Waals surface area contributed by atoms with Crippen molar-refractivity contribution in [3.05, 3.63) is 0 Å². The van der Waals surface area contributed by atoms with Crippen LogP contribution in [-0.2, 0) is 0 Å². The highest BCUT2D eigenvalue weighted by Gasteiger charge is 2.37. The molecular weight excluding hydrogens is 157 g/mol. The first-order valence-corrected chi connectivity index (χ1v) is 5.76. The molecular formula is C11H24BN. The van der Waals surface area contributed by atoms with Crippen molar-refractivity contribution in [2.24, 2.45) is 5.73 Å². The smallest absolute Gasteiger partial charge is 0.151 e. The molecule has 0 bridgehead atoms. The van der Waals surface area contributed by atoms with Gasteiger partial charge in [-0.2, -0.15) is 0 Å². The Balaban J connectivity index is 2.47. The second kappa shape index (κ2) is 4.04. The van der Waals surface area contributed by atoms with E-state index in [0.29, 0.717) is 5.31 Å². The quantitative estimate of drug-likeness (QED) is 0.665. The molecule has 1 fully saturated rings. The normalized spacial score (nSPS) is 40.0. The third-order valence-electron chi connectivity index (χ3n) is 3.49. The van der Waals surface area contributed by atoms with Crippen LogP contribution in [0.25, 0.3) is 0 Å². The Morgan fingerprint density at radius 3 is 2.54 bits per heavy atom. The molecule has 0 amide bonds. The second-order valence-electron chi connectivity index (χ2n) is 5.60. The van der Waals surface area contributed by atoms with Crippen molar-refractivity contribution in [3.63, 3.8) is 0 Å². The van der Waals surface area contributed by atoms with Gasteiger partial charge in [0.05, 0.1) is 0 Å². The van der Waals surface area contributed by atoms with Gasteiger partial charge < -0.3 is 5.73 Å². The minimum atomic E-state index is 0.112. The SMILES string of the molecule is CCCCC1(C)BC(C)(N)CCC1. The Labute approximate surface area is 83.7 Å². The highest BCUT2D eigenvalue weighted by molar-refractivity contribution is 6.44. The van der Waals surface area contributed by atoms with Crippen LogP contribution in [0.2, 0.25) is 5.31 Å². The first-order valence-electron chi connectivity index (χ1n) is 5.76. The summed E-state index contributed by atoms with van der Waals surface area (Å²) < 4.78 is 0. The predicted octanol–water partition coefficient (Wildman–Crippen LogP) is 2.65. The van der Waals surface area contributed by atoms with Crippen molar-refractivity contribution in [3.8, 4) is 0 Å². The van der Waals surface area contributed by atoms with Crippen LogP contribution >= 0.6 is 0 Å². The van der Waals surface area contributed by atoms with Crippen LogP contribution in [0.4, 0.5) is 0 Å². The van der Waals surface area contributed by atoms with Gasteiger partial charge in [0.2, 0.25) is 0 Å². The van der Waals surface area contributed by atoms with E-state index in [2.05, 4.69) is 20.8 Å². The monoisotopic (exact) mass is 181 g/mol. The maximum absolute atomic E-state index is 6.23. The van der Waals surface area contributed by atoms with Crippen molar-refractivity contribution < 1.29 is 0 Å². The average molecular weight is 181 g/mol. The summed E-state index contributed by atoms with van der Waals surface area (Å²) in [5.41, 5.74) is 6.34. The Morgan fingerprint density at radius 1 is 1.31 bits per heavy atom. The maximum Gasteiger partial charge on any atom is 0.151 e. The molecule has 0 radical (unpaired) electrons. The Hall–Kier alpha value is 0.0249. The molecule has 2 unspecified atom stereocenters. The molecule has 2 N–H and O–H groups in total. The summed E-state index contributed by atoms with van der Waals surface area (Å²) in [4.78, 5) is 0. The lowest BCUT2D eigenvalue weighted by molar-refractivity contribution is 0.389. The van der Waals surface area contributed by atoms with E-state index >= 15 is 0 Å². The zero-order valence-electron chi connectivity index (χ0n) is 9.53. The number of rotatable bonds is 3. The van der Waals surface area contributed by atoms with Crippen molar-refractivity contribution in [2.75, 3.05) is 0 Å². The lowest BCUT2D eigenvalue weighted by Gasteiger charge is -2.41. The van der Waals surface area contributed by atoms with Crippen LogP contribution in [0.15, 0.2) is 0 Å². The van der Waals surface area contributed by atoms with Gasteiger partial charge in [-0.3, -0.25) is 0 Å². The molecule has 1 aliphatic rings. The second-order valence-corrected chi connectivity index (χ2v) is 5.60. The van der Waals surface area contributed by atoms with E-state index in [9.17, 15) is 0 Å². The summed E-state index contributed by atoms with van der Waals surface area (Å²) >= 11 is 0. The zero-order valence-corrected chi connectivity index (χ0v) is 9.53. The number of nitrogens with two attached hydrogens (primary N) is 1. The molecule has 1 heterocycles. The molecule has 1 saturated heterocycles. The van der Waals surface area contributed by atoms with Gasteiger partial charge in [0.15, 0.2) is 7.28 Å². The molecule has 0 aromatic carbocycles. The van der Waals surface area contributed by atoms with Gasteiger partial charge in [0, 0.05) is 0 Å². The van der Waals surface area contributed by atoms with E-state index in [4.69, 9.17) is 5.73 Å². The van der Waals surface area contributed by atoms with Gasteiger partial charge >= 0.3 is 0 Å². The minimum Gasteiger partial charge on any atom is -0.332 e. The summed E-state index contributed by atoms with van der Waals surface area (Å²) in [7, 11) is 1.22. The fourth-order valence-electron chi connectivity index (χ4n) is 2.89. The molecule has 0 aromatic rings. The zero-order chi connectivity index (χ0) is 9.95. The van der Waals surface area contributed by atoms with Gasteiger partial charge in [0.1, 0.15) is 0 Å². The van der Waals surface area contributed by atoms with Crippen LogP contribution < -0.4 is 5.73 Å². The van der Waals surface area contributed by atoms with E-state index in [1.54, 1.807) is 0 Å². The van der Waals surface area contributed by atoms with E-state index in [0.717, 1.165) is 0 Å². The standard InChI is InChI=1S/C11H24BN/c1-4-5-7-10(2)8-6-9-11(3,13)12-10/h12H,4-9,13H2,1-3H3. The number of hydrogen-bond donors (Lipinski definition) is 1. The van der Waals surface area contributed by atoms with Crippen molar-refractivity contribution >= 4 is 7.28 Å². The number of unbranched alkanes of at least 4 members (excludes halogenated alkanes) is 1. The molecule has 2 atom stereocenters. The lowest BCUT2D eigenvalue weighted by atomic mass is 9.37. The highest BCUT2D eigenvalue weighted by Crippen LogP contribution is 2.43. The molecule has 0 saturated carbocycles. The van der Waals surface area contributed by atoms with Crippen LogP contribution in [0.3, 0.4) is 0 Å². The van der Waals surface area contributed by atoms with E-state index < -0.39 is 0 Å². The summed E-state index contributed by atoms with van der Waals surface area (Å²) in [5, 5.41) is 0.539. The first-order chi connectivity index (χ1) is 5.97. The van der Waals surface area contributed by atoms with Gasteiger partial charge in [-0.1, -0.05) is 58.2 Å². The van der Waals surface area contributed by atoms with Crippen molar-refractivity contribution in [1.29, 1.82) is 0 Å². The lowest BCUT2D eigenvalue weighted by Crippen LogP contribution is -2.50. The molecule has 13 heavy (non-hydrogen) atoms. The van der Waals surface area contributed by atoms with Crippen LogP contribution in [0, 0.1) is 0 Å². The summed E-state index contributed by atoms with van der Waals surface area (Å²) in [6.07, 6.45) is 7.99. The van der Waals surface area contributed by atoms with Gasteiger partial charge in [-0.25, -0.2) is 0 Å². The molecule has 0 aromatic heterocycles. The molecule has 1 rings (SSSR count). The third-order valence-corrected chi connectivity index (χ3v) is 3.49. The van der Waals surface area contributed by atoms with E-state index in [1.165, 1.54) is 45.8 Å². The highest BCUT2D eigenvalue weighted by atomic mass is 14.7. The average Bonchev–Trinajstić information content (AvgIpc) is 1.98. The summed E-state index contributed by atoms with van der Waals surface area (Å²) in [6.45, 7) is 6.91. The van der Waals surface area contributed by atoms with Gasteiger partial charge in [0.25, 0.3) is 0 Å². The predicted molar refractivity (Wildman–Crippen MR) is 61.5 cm³/mol. The Morgan fingerprint density at radius 2 is 2.00 bits per heavy atom. The molecule has 1 aliphatic heterocycles. The Bertz CT molecular complexity index is 167. The topological polar surface area (TPSA) is 26.0 Å². The van der Waals surface area contributed by atoms with E-state index in [1.807, 2.05) is 0 Å². The fraction of sp³-hybridized carbons (Fsp3) is 1.00. The van der Waals surface area contributed by atoms with Crippen molar-refractivity contribution in [2.45, 2.75) is 70.0 Å². The van der Waals surface area contributed by atoms with Crippen molar-refractivity contribution in [1.82, 2.24) is 0 Å². The largest absolute Gasteiger partial charge is 0.332 e. The maximum atomic E-state index is 6.23. The molecule has 2 heteroatoms. The van der Waals surface area contributed by atoms with Crippen LogP contribution in [-0.4, -0.2) is 12.7 Å². The van der Waals surface area contributed by atoms with Gasteiger partial charge in [-0.05, 0) is 11.9 Å². The molecule has 0 spiro atoms. The van der Waals surface area contributed by atoms with Crippen LogP contribution in [0.1, 0.15) is 59.3 Å².